The van der Waals surface area contributed by atoms with E-state index < -0.39 is 152 Å². The van der Waals surface area contributed by atoms with Crippen molar-refractivity contribution in [2.24, 2.45) is 0 Å². The molecule has 0 spiro atoms. The van der Waals surface area contributed by atoms with E-state index in [1.165, 1.54) is 6.92 Å². The highest BCUT2D eigenvalue weighted by atomic mass is 16.7. The smallest absolute Gasteiger partial charge is 0.311 e. The van der Waals surface area contributed by atoms with E-state index in [0.29, 0.717) is 32.1 Å². The molecule has 0 N–H and O–H groups in total. The van der Waals surface area contributed by atoms with Crippen molar-refractivity contribution in [3.8, 4) is 0 Å². The number of rotatable bonds is 18. The Morgan fingerprint density at radius 1 is 0.333 bits per heavy atom. The number of carbonyl (C=O) groups is 6. The van der Waals surface area contributed by atoms with Gasteiger partial charge >= 0.3 is 35.8 Å². The summed E-state index contributed by atoms with van der Waals surface area (Å²) in [6, 6.07) is 0. The zero-order valence-electron chi connectivity index (χ0n) is 47.5. The van der Waals surface area contributed by atoms with Crippen molar-refractivity contribution in [3.05, 3.63) is 0 Å². The maximum atomic E-state index is 14.7. The van der Waals surface area contributed by atoms with Gasteiger partial charge in [-0.05, 0) is 115 Å². The van der Waals surface area contributed by atoms with Gasteiger partial charge in [-0.3, -0.25) is 28.8 Å². The first-order chi connectivity index (χ1) is 36.5. The lowest BCUT2D eigenvalue weighted by atomic mass is 9.83. The Morgan fingerprint density at radius 2 is 0.551 bits per heavy atom. The van der Waals surface area contributed by atoms with E-state index in [1.807, 2.05) is 34.6 Å². The molecular weight excluding hydrogens is 1030 g/mol. The summed E-state index contributed by atoms with van der Waals surface area (Å²) in [5.74, 6) is -13.9. The normalized spacial score (nSPS) is 42.3. The van der Waals surface area contributed by atoms with Gasteiger partial charge in [-0.1, -0.05) is 0 Å². The molecule has 0 radical (unpaired) electrons. The average Bonchev–Trinajstić information content (AvgIpc) is 3.35. The highest BCUT2D eigenvalue weighted by molar-refractivity contribution is 5.75. The minimum absolute atomic E-state index is 0.0331. The first kappa shape index (κ1) is 61.9. The van der Waals surface area contributed by atoms with Crippen LogP contribution in [0.4, 0.5) is 0 Å². The van der Waals surface area contributed by atoms with E-state index in [4.69, 9.17) is 85.3 Å². The zero-order valence-corrected chi connectivity index (χ0v) is 47.5. The molecule has 18 atom stereocenters. The van der Waals surface area contributed by atoms with Crippen LogP contribution in [0, 0.1) is 0 Å². The minimum Gasteiger partial charge on any atom is -0.454 e. The van der Waals surface area contributed by atoms with Crippen LogP contribution in [-0.4, -0.2) is 190 Å². The molecular formula is C54H84O24. The Kier molecular flexibility index (Phi) is 20.4. The Labute approximate surface area is 456 Å². The van der Waals surface area contributed by atoms with Gasteiger partial charge in [0.2, 0.25) is 0 Å². The Bertz CT molecular complexity index is 1730. The third kappa shape index (κ3) is 17.2. The van der Waals surface area contributed by atoms with Gasteiger partial charge in [0, 0.05) is 0 Å². The van der Waals surface area contributed by atoms with Crippen LogP contribution in [0.15, 0.2) is 0 Å². The lowest BCUT2D eigenvalue weighted by Gasteiger charge is -2.48. The van der Waals surface area contributed by atoms with Crippen LogP contribution in [0.25, 0.3) is 0 Å². The molecule has 6 aliphatic heterocycles. The van der Waals surface area contributed by atoms with Crippen LogP contribution in [-0.2, 0) is 114 Å². The highest BCUT2D eigenvalue weighted by Gasteiger charge is 2.63. The lowest BCUT2D eigenvalue weighted by Crippen LogP contribution is -2.69. The highest BCUT2D eigenvalue weighted by Crippen LogP contribution is 2.40. The standard InChI is InChI=1S/C54H84O24/c1-31-13-18-62-50(8,74-31)24-38(56)68-44-43(67-37(55)23-49(7)30-61-29-36(6)73-49)45(69-39(57)25-51(9)63-19-14-32(2)75-51)47(71-41(59)27-53(11)65-21-16-34(4)77-53)48(72-42(60)28-54(12)66-22-17-35(5)78-54)46(44)70-40(58)26-52(10)64-20-15-33(3)76-52/h31-36,43-48H,13-30H2,1-12H3/t31?,32?,33?,34?,35?,36?,43?,44-,45+,46+,47-,48?,49?,50?,51?,52?,53?,54?. The molecule has 7 aliphatic rings. The van der Waals surface area contributed by atoms with E-state index in [1.54, 1.807) is 41.5 Å². The van der Waals surface area contributed by atoms with Crippen molar-refractivity contribution >= 4 is 35.8 Å². The molecule has 1 saturated carbocycles. The molecule has 0 aromatic carbocycles. The molecule has 0 aromatic rings. The van der Waals surface area contributed by atoms with Crippen LogP contribution in [0.2, 0.25) is 0 Å². The molecule has 0 amide bonds. The number of ether oxygens (including phenoxy) is 18. The van der Waals surface area contributed by atoms with E-state index in [2.05, 4.69) is 0 Å². The Morgan fingerprint density at radius 3 is 0.756 bits per heavy atom. The van der Waals surface area contributed by atoms with E-state index >= 15 is 0 Å². The van der Waals surface area contributed by atoms with Crippen LogP contribution >= 0.6 is 0 Å². The van der Waals surface area contributed by atoms with Crippen molar-refractivity contribution in [2.75, 3.05) is 46.2 Å². The largest absolute Gasteiger partial charge is 0.454 e. The fraction of sp³-hybridized carbons (Fsp3) is 0.889. The summed E-state index contributed by atoms with van der Waals surface area (Å²) < 4.78 is 110. The number of hydrogen-bond donors (Lipinski definition) is 0. The minimum atomic E-state index is -2.05. The van der Waals surface area contributed by atoms with Crippen molar-refractivity contribution in [2.45, 2.75) is 261 Å². The molecule has 7 fully saturated rings. The third-order valence-corrected chi connectivity index (χ3v) is 14.6. The van der Waals surface area contributed by atoms with Gasteiger partial charge in [-0.2, -0.15) is 0 Å². The van der Waals surface area contributed by atoms with Crippen molar-refractivity contribution < 1.29 is 114 Å². The third-order valence-electron chi connectivity index (χ3n) is 14.6. The van der Waals surface area contributed by atoms with Crippen molar-refractivity contribution in [1.29, 1.82) is 0 Å². The monoisotopic (exact) mass is 1120 g/mol. The number of esters is 6. The Hall–Kier alpha value is -3.66. The summed E-state index contributed by atoms with van der Waals surface area (Å²) in [5.41, 5.74) is -1.27. The molecule has 0 aromatic heterocycles. The number of carbonyl (C=O) groups excluding carboxylic acids is 6. The van der Waals surface area contributed by atoms with Gasteiger partial charge in [0.1, 0.15) is 0 Å². The van der Waals surface area contributed by atoms with Crippen LogP contribution in [0.5, 0.6) is 0 Å². The summed E-state index contributed by atoms with van der Waals surface area (Å²) >= 11 is 0. The van der Waals surface area contributed by atoms with E-state index in [-0.39, 0.29) is 76.8 Å². The van der Waals surface area contributed by atoms with Gasteiger partial charge < -0.3 is 85.3 Å². The predicted molar refractivity (Wildman–Crippen MR) is 264 cm³/mol. The van der Waals surface area contributed by atoms with Gasteiger partial charge in [0.25, 0.3) is 0 Å². The van der Waals surface area contributed by atoms with Crippen LogP contribution < -0.4 is 0 Å². The molecule has 24 heteroatoms. The summed E-state index contributed by atoms with van der Waals surface area (Å²) in [4.78, 5) is 88.2. The van der Waals surface area contributed by atoms with E-state index in [9.17, 15) is 28.8 Å². The SMILES string of the molecule is CC1COCC(C)(CC(=O)OC2[C@@H](OC(=O)CC3(C)OCCC(C)O3)[C@H](OC(=O)CC3(C)OCCC(C)O3)C(OC(=O)CC3(C)OCCC(C)O3)[C@H](OC(=O)CC3(C)OCCC(C)O3)[C@H]2OC(=O)CC2(C)OCCC(C)O2)O1. The zero-order chi connectivity index (χ0) is 56.8. The second-order valence-electron chi connectivity index (χ2n) is 23.2. The maximum absolute atomic E-state index is 14.7. The molecule has 7 rings (SSSR count). The summed E-state index contributed by atoms with van der Waals surface area (Å²) in [5, 5.41) is 0. The summed E-state index contributed by atoms with van der Waals surface area (Å²) in [7, 11) is 0. The topological polar surface area (TPSA) is 269 Å². The van der Waals surface area contributed by atoms with Gasteiger partial charge in [-0.25, -0.2) is 0 Å². The molecule has 78 heavy (non-hydrogen) atoms. The first-order valence-corrected chi connectivity index (χ1v) is 27.6. The molecule has 14 unspecified atom stereocenters. The quantitative estimate of drug-likeness (QED) is 0.133. The van der Waals surface area contributed by atoms with Gasteiger partial charge in [0.05, 0.1) is 127 Å². The van der Waals surface area contributed by atoms with Gasteiger partial charge in [-0.15, -0.1) is 0 Å². The summed E-state index contributed by atoms with van der Waals surface area (Å²) in [6.07, 6.45) is -15.1. The molecule has 0 bridgehead atoms. The molecule has 24 nitrogen and oxygen atoms in total. The lowest BCUT2D eigenvalue weighted by molar-refractivity contribution is -0.299. The molecule has 444 valence electrons. The number of hydrogen-bond acceptors (Lipinski definition) is 24. The van der Waals surface area contributed by atoms with Crippen LogP contribution in [0.1, 0.15) is 154 Å². The predicted octanol–water partition coefficient (Wildman–Crippen LogP) is 4.71. The maximum Gasteiger partial charge on any atom is 0.311 e. The Balaban J connectivity index is 1.37. The second kappa shape index (κ2) is 25.6. The molecule has 6 heterocycles. The van der Waals surface area contributed by atoms with Crippen molar-refractivity contribution in [1.82, 2.24) is 0 Å². The fourth-order valence-electron chi connectivity index (χ4n) is 11.1. The van der Waals surface area contributed by atoms with Crippen LogP contribution in [0.3, 0.4) is 0 Å². The van der Waals surface area contributed by atoms with E-state index in [0.717, 1.165) is 0 Å². The van der Waals surface area contributed by atoms with Crippen molar-refractivity contribution in [3.63, 3.8) is 0 Å². The summed E-state index contributed by atoms with van der Waals surface area (Å²) in [6.45, 7) is 21.5. The molecule has 1 aliphatic carbocycles. The second-order valence-corrected chi connectivity index (χ2v) is 23.2. The first-order valence-electron chi connectivity index (χ1n) is 27.6. The fourth-order valence-corrected chi connectivity index (χ4v) is 11.1. The van der Waals surface area contributed by atoms with Gasteiger partial charge in [0.15, 0.2) is 65.6 Å². The average molecular weight is 1120 g/mol. The molecule has 6 saturated heterocycles.